The van der Waals surface area contributed by atoms with Crippen LogP contribution in [0.5, 0.6) is 0 Å². The zero-order valence-corrected chi connectivity index (χ0v) is 13.5. The molecule has 2 rings (SSSR count). The van der Waals surface area contributed by atoms with E-state index in [2.05, 4.69) is 56.4 Å². The van der Waals surface area contributed by atoms with Gasteiger partial charge in [0.25, 0.3) is 0 Å². The number of nitriles is 1. The number of hydrogen-bond donors (Lipinski definition) is 1. The highest BCUT2D eigenvalue weighted by molar-refractivity contribution is 8.00. The van der Waals surface area contributed by atoms with Gasteiger partial charge in [-0.3, -0.25) is 5.32 Å². The minimum atomic E-state index is -0.325. The van der Waals surface area contributed by atoms with Crippen LogP contribution in [-0.2, 0) is 0 Å². The van der Waals surface area contributed by atoms with Gasteiger partial charge in [0.1, 0.15) is 5.54 Å². The van der Waals surface area contributed by atoms with Crippen molar-refractivity contribution in [3.05, 3.63) is 29.8 Å². The molecule has 3 heteroatoms. The standard InChI is InChI=1S/C17H24N2S/c1-13(2)19-17(12-18)9-5-8-16(11-17)20-15-7-4-6-14(3)10-15/h4,6-7,10,13,16,19H,5,8-9,11H2,1-3H3. The number of thioether (sulfide) groups is 1. The third-order valence-corrected chi connectivity index (χ3v) is 5.04. The van der Waals surface area contributed by atoms with Gasteiger partial charge in [-0.15, -0.1) is 11.8 Å². The summed E-state index contributed by atoms with van der Waals surface area (Å²) in [4.78, 5) is 1.33. The molecule has 1 aromatic carbocycles. The molecule has 1 aromatic rings. The van der Waals surface area contributed by atoms with Crippen molar-refractivity contribution in [2.45, 2.75) is 68.2 Å². The Kier molecular flexibility index (Phi) is 5.12. The second kappa shape index (κ2) is 6.65. The van der Waals surface area contributed by atoms with Crippen LogP contribution in [0.4, 0.5) is 0 Å². The lowest BCUT2D eigenvalue weighted by atomic mass is 9.82. The van der Waals surface area contributed by atoms with E-state index in [0.29, 0.717) is 11.3 Å². The molecule has 2 unspecified atom stereocenters. The van der Waals surface area contributed by atoms with Gasteiger partial charge in [-0.25, -0.2) is 0 Å². The monoisotopic (exact) mass is 288 g/mol. The summed E-state index contributed by atoms with van der Waals surface area (Å²) in [6, 6.07) is 11.6. The van der Waals surface area contributed by atoms with Crippen molar-refractivity contribution in [3.8, 4) is 6.07 Å². The van der Waals surface area contributed by atoms with Crippen LogP contribution in [0.2, 0.25) is 0 Å². The van der Waals surface area contributed by atoms with E-state index in [1.54, 1.807) is 0 Å². The number of rotatable bonds is 4. The van der Waals surface area contributed by atoms with Crippen molar-refractivity contribution in [3.63, 3.8) is 0 Å². The summed E-state index contributed by atoms with van der Waals surface area (Å²) >= 11 is 1.93. The second-order valence-corrected chi connectivity index (χ2v) is 7.52. The maximum absolute atomic E-state index is 9.60. The predicted molar refractivity (Wildman–Crippen MR) is 85.9 cm³/mol. The van der Waals surface area contributed by atoms with Gasteiger partial charge < -0.3 is 0 Å². The first-order valence-corrected chi connectivity index (χ1v) is 8.33. The van der Waals surface area contributed by atoms with Gasteiger partial charge in [0.2, 0.25) is 0 Å². The molecule has 108 valence electrons. The fourth-order valence-electron chi connectivity index (χ4n) is 3.02. The van der Waals surface area contributed by atoms with Crippen LogP contribution in [-0.4, -0.2) is 16.8 Å². The molecule has 0 heterocycles. The Balaban J connectivity index is 2.05. The van der Waals surface area contributed by atoms with Crippen LogP contribution in [0.15, 0.2) is 29.2 Å². The van der Waals surface area contributed by atoms with Gasteiger partial charge in [-0.2, -0.15) is 5.26 Å². The largest absolute Gasteiger partial charge is 0.297 e. The minimum absolute atomic E-state index is 0.325. The maximum atomic E-state index is 9.60. The van der Waals surface area contributed by atoms with E-state index in [4.69, 9.17) is 0 Å². The lowest BCUT2D eigenvalue weighted by Gasteiger charge is -2.37. The van der Waals surface area contributed by atoms with Crippen molar-refractivity contribution < 1.29 is 0 Å². The first kappa shape index (κ1) is 15.4. The summed E-state index contributed by atoms with van der Waals surface area (Å²) < 4.78 is 0. The number of nitrogens with one attached hydrogen (secondary N) is 1. The van der Waals surface area contributed by atoms with Crippen molar-refractivity contribution in [1.29, 1.82) is 5.26 Å². The van der Waals surface area contributed by atoms with Crippen LogP contribution in [0.25, 0.3) is 0 Å². The third kappa shape index (κ3) is 4.01. The molecule has 1 aliphatic carbocycles. The molecular formula is C17H24N2S. The van der Waals surface area contributed by atoms with Crippen LogP contribution in [0.1, 0.15) is 45.1 Å². The van der Waals surface area contributed by atoms with Crippen molar-refractivity contribution >= 4 is 11.8 Å². The molecule has 1 fully saturated rings. The van der Waals surface area contributed by atoms with Crippen LogP contribution >= 0.6 is 11.8 Å². The quantitative estimate of drug-likeness (QED) is 0.897. The fraction of sp³-hybridized carbons (Fsp3) is 0.588. The van der Waals surface area contributed by atoms with Gasteiger partial charge in [-0.1, -0.05) is 17.7 Å². The summed E-state index contributed by atoms with van der Waals surface area (Å²) in [7, 11) is 0. The predicted octanol–water partition coefficient (Wildman–Crippen LogP) is 4.29. The number of benzene rings is 1. The van der Waals surface area contributed by atoms with E-state index < -0.39 is 0 Å². The van der Waals surface area contributed by atoms with E-state index in [1.165, 1.54) is 16.9 Å². The van der Waals surface area contributed by atoms with Crippen molar-refractivity contribution in [1.82, 2.24) is 5.32 Å². The lowest BCUT2D eigenvalue weighted by Crippen LogP contribution is -2.51. The molecule has 20 heavy (non-hydrogen) atoms. The van der Waals surface area contributed by atoms with Crippen molar-refractivity contribution in [2.24, 2.45) is 0 Å². The Labute approximate surface area is 127 Å². The molecule has 0 saturated heterocycles. The van der Waals surface area contributed by atoms with Gasteiger partial charge in [0.05, 0.1) is 6.07 Å². The molecule has 0 amide bonds. The summed E-state index contributed by atoms with van der Waals surface area (Å²) in [5.74, 6) is 0. The first-order valence-electron chi connectivity index (χ1n) is 7.45. The molecule has 0 aromatic heterocycles. The van der Waals surface area contributed by atoms with Gasteiger partial charge >= 0.3 is 0 Å². The number of hydrogen-bond acceptors (Lipinski definition) is 3. The first-order chi connectivity index (χ1) is 9.53. The van der Waals surface area contributed by atoms with Crippen LogP contribution in [0.3, 0.4) is 0 Å². The topological polar surface area (TPSA) is 35.8 Å². The van der Waals surface area contributed by atoms with E-state index in [0.717, 1.165) is 19.3 Å². The Morgan fingerprint density at radius 2 is 2.25 bits per heavy atom. The average Bonchev–Trinajstić information content (AvgIpc) is 2.38. The molecule has 0 bridgehead atoms. The molecule has 1 N–H and O–H groups in total. The number of nitrogens with zero attached hydrogens (tertiary/aromatic N) is 1. The van der Waals surface area contributed by atoms with E-state index >= 15 is 0 Å². The van der Waals surface area contributed by atoms with Crippen LogP contribution < -0.4 is 5.32 Å². The highest BCUT2D eigenvalue weighted by Gasteiger charge is 2.37. The maximum Gasteiger partial charge on any atom is 0.108 e. The molecule has 2 atom stereocenters. The Morgan fingerprint density at radius 3 is 2.90 bits per heavy atom. The van der Waals surface area contributed by atoms with Crippen molar-refractivity contribution in [2.75, 3.05) is 0 Å². The third-order valence-electron chi connectivity index (χ3n) is 3.78. The lowest BCUT2D eigenvalue weighted by molar-refractivity contribution is 0.284. The highest BCUT2D eigenvalue weighted by atomic mass is 32.2. The molecule has 0 spiro atoms. The normalized spacial score (nSPS) is 26.4. The average molecular weight is 288 g/mol. The Bertz CT molecular complexity index is 492. The zero-order valence-electron chi connectivity index (χ0n) is 12.6. The smallest absolute Gasteiger partial charge is 0.108 e. The minimum Gasteiger partial charge on any atom is -0.297 e. The van der Waals surface area contributed by atoms with Crippen LogP contribution in [0, 0.1) is 18.3 Å². The summed E-state index contributed by atoms with van der Waals surface area (Å²) in [6.07, 6.45) is 4.27. The molecule has 0 radical (unpaired) electrons. The molecule has 1 saturated carbocycles. The summed E-state index contributed by atoms with van der Waals surface area (Å²) in [6.45, 7) is 6.37. The molecule has 0 aliphatic heterocycles. The Morgan fingerprint density at radius 1 is 1.45 bits per heavy atom. The second-order valence-electron chi connectivity index (χ2n) is 6.15. The zero-order chi connectivity index (χ0) is 14.6. The molecule has 1 aliphatic rings. The van der Waals surface area contributed by atoms with E-state index in [-0.39, 0.29) is 5.54 Å². The van der Waals surface area contributed by atoms with Gasteiger partial charge in [0, 0.05) is 16.2 Å². The highest BCUT2D eigenvalue weighted by Crippen LogP contribution is 2.38. The SMILES string of the molecule is Cc1cccc(SC2CCCC(C#N)(NC(C)C)C2)c1. The molecule has 2 nitrogen and oxygen atoms in total. The Hall–Kier alpha value is -0.980. The van der Waals surface area contributed by atoms with E-state index in [9.17, 15) is 5.26 Å². The van der Waals surface area contributed by atoms with Gasteiger partial charge in [0.15, 0.2) is 0 Å². The van der Waals surface area contributed by atoms with Gasteiger partial charge in [-0.05, 0) is 58.6 Å². The summed E-state index contributed by atoms with van der Waals surface area (Å²) in [5.41, 5.74) is 0.978. The van der Waals surface area contributed by atoms with E-state index in [1.807, 2.05) is 11.8 Å². The molecular weight excluding hydrogens is 264 g/mol. The fourth-order valence-corrected chi connectivity index (χ4v) is 4.47. The summed E-state index contributed by atoms with van der Waals surface area (Å²) in [5, 5.41) is 13.6. The number of aryl methyl sites for hydroxylation is 1.